The van der Waals surface area contributed by atoms with Gasteiger partial charge in [0.05, 0.1) is 24.9 Å². The standard InChI is InChI=1S/C28H35N5O2S/c1-12(2)21-22-15(5)26(17-6-18-23-20(17)7-32(25(18)23)16(9-34)10-35)36-28(22)31-24(21)19-8-33-27(29-11-30-33)14(4)13(19)3/h8,11-12,16-18,20,23,25,31,34-35H,6-7,9-10H2,1-5H3/t17-,18?,20?,23?,25?/m1/s1. The maximum absolute atomic E-state index is 9.78. The fourth-order valence-electron chi connectivity index (χ4n) is 7.87. The van der Waals surface area contributed by atoms with Crippen molar-refractivity contribution in [3.63, 3.8) is 0 Å². The zero-order valence-electron chi connectivity index (χ0n) is 21.6. The average molecular weight is 506 g/mol. The van der Waals surface area contributed by atoms with Gasteiger partial charge in [0.1, 0.15) is 11.2 Å². The summed E-state index contributed by atoms with van der Waals surface area (Å²) in [5.41, 5.74) is 8.61. The van der Waals surface area contributed by atoms with Crippen LogP contribution < -0.4 is 0 Å². The minimum atomic E-state index is -0.102. The average Bonchev–Trinajstić information content (AvgIpc) is 3.37. The number of H-pyrrole nitrogens is 1. The van der Waals surface area contributed by atoms with Crippen LogP contribution in [0, 0.1) is 38.5 Å². The van der Waals surface area contributed by atoms with Crippen molar-refractivity contribution in [1.82, 2.24) is 24.5 Å². The predicted octanol–water partition coefficient (Wildman–Crippen LogP) is 4.37. The van der Waals surface area contributed by atoms with Crippen LogP contribution in [0.3, 0.4) is 0 Å². The third kappa shape index (κ3) is 2.90. The fourth-order valence-corrected chi connectivity index (χ4v) is 9.29. The second kappa shape index (κ2) is 7.87. The maximum Gasteiger partial charge on any atom is 0.158 e. The van der Waals surface area contributed by atoms with Crippen LogP contribution in [0.5, 0.6) is 0 Å². The number of pyridine rings is 1. The predicted molar refractivity (Wildman–Crippen MR) is 143 cm³/mol. The van der Waals surface area contributed by atoms with Crippen LogP contribution in [0.2, 0.25) is 0 Å². The molecule has 3 aliphatic rings. The van der Waals surface area contributed by atoms with Crippen LogP contribution in [0.25, 0.3) is 27.1 Å². The summed E-state index contributed by atoms with van der Waals surface area (Å²) >= 11 is 1.96. The van der Waals surface area contributed by atoms with Gasteiger partial charge in [-0.25, -0.2) is 9.50 Å². The highest BCUT2D eigenvalue weighted by atomic mass is 32.1. The normalized spacial score (nSPS) is 27.4. The molecule has 7 nitrogen and oxygen atoms in total. The number of hydrogen-bond acceptors (Lipinski definition) is 6. The molecule has 2 saturated carbocycles. The number of likely N-dealkylation sites (tertiary alicyclic amines) is 1. The van der Waals surface area contributed by atoms with Gasteiger partial charge in [-0.2, -0.15) is 5.10 Å². The molecule has 5 atom stereocenters. The quantitative estimate of drug-likeness (QED) is 0.362. The van der Waals surface area contributed by atoms with Gasteiger partial charge in [0.15, 0.2) is 5.65 Å². The number of aryl methyl sites for hydroxylation is 2. The first kappa shape index (κ1) is 22.9. The van der Waals surface area contributed by atoms with Crippen molar-refractivity contribution in [3.05, 3.63) is 39.7 Å². The Morgan fingerprint density at radius 2 is 1.89 bits per heavy atom. The highest BCUT2D eigenvalue weighted by Crippen LogP contribution is 2.68. The Balaban J connectivity index is 1.31. The van der Waals surface area contributed by atoms with Gasteiger partial charge in [-0.1, -0.05) is 13.8 Å². The van der Waals surface area contributed by atoms with Crippen molar-refractivity contribution < 1.29 is 10.2 Å². The second-order valence-electron chi connectivity index (χ2n) is 11.6. The first-order valence-electron chi connectivity index (χ1n) is 13.3. The molecule has 0 amide bonds. The molecule has 0 spiro atoms. The minimum Gasteiger partial charge on any atom is -0.395 e. The third-order valence-electron chi connectivity index (χ3n) is 9.69. The van der Waals surface area contributed by atoms with Crippen LogP contribution in [-0.2, 0) is 0 Å². The van der Waals surface area contributed by atoms with E-state index >= 15 is 0 Å². The van der Waals surface area contributed by atoms with E-state index in [0.717, 1.165) is 24.0 Å². The molecule has 1 aliphatic heterocycles. The number of nitrogens with zero attached hydrogens (tertiary/aromatic N) is 4. The summed E-state index contributed by atoms with van der Waals surface area (Å²) in [5.74, 6) is 3.09. The van der Waals surface area contributed by atoms with Gasteiger partial charge < -0.3 is 15.2 Å². The minimum absolute atomic E-state index is 0.0463. The van der Waals surface area contributed by atoms with Crippen molar-refractivity contribution in [2.24, 2.45) is 17.8 Å². The number of piperidine rings is 1. The Bertz CT molecular complexity index is 1490. The number of nitrogens with one attached hydrogen (secondary N) is 1. The summed E-state index contributed by atoms with van der Waals surface area (Å²) in [7, 11) is 0. The van der Waals surface area contributed by atoms with E-state index in [9.17, 15) is 10.2 Å². The first-order chi connectivity index (χ1) is 17.3. The molecule has 8 heteroatoms. The number of aromatic nitrogens is 4. The zero-order valence-corrected chi connectivity index (χ0v) is 22.4. The molecule has 7 rings (SSSR count). The Labute approximate surface area is 215 Å². The SMILES string of the molecule is Cc1c(-c2[nH]c3sc([C@@H]4CC5C6C4CN(C(CO)CO)C56)c(C)c3c2C(C)C)cn2ncnc2c1C. The Morgan fingerprint density at radius 1 is 1.11 bits per heavy atom. The highest BCUT2D eigenvalue weighted by Gasteiger charge is 2.69. The van der Waals surface area contributed by atoms with Gasteiger partial charge in [0.2, 0.25) is 0 Å². The lowest BCUT2D eigenvalue weighted by molar-refractivity contribution is 0.0736. The summed E-state index contributed by atoms with van der Waals surface area (Å²) in [6.07, 6.45) is 5.00. The lowest BCUT2D eigenvalue weighted by atomic mass is 9.88. The molecule has 0 radical (unpaired) electrons. The van der Waals surface area contributed by atoms with E-state index < -0.39 is 0 Å². The molecule has 0 aromatic carbocycles. The molecule has 4 aromatic heterocycles. The lowest BCUT2D eigenvalue weighted by Gasteiger charge is -2.27. The van der Waals surface area contributed by atoms with Crippen molar-refractivity contribution >= 4 is 27.2 Å². The van der Waals surface area contributed by atoms with Gasteiger partial charge in [-0.3, -0.25) is 4.90 Å². The van der Waals surface area contributed by atoms with Gasteiger partial charge in [-0.05, 0) is 79.0 Å². The van der Waals surface area contributed by atoms with Crippen molar-refractivity contribution in [2.45, 2.75) is 65.0 Å². The van der Waals surface area contributed by atoms with Crippen LogP contribution in [0.4, 0.5) is 0 Å². The van der Waals surface area contributed by atoms with Gasteiger partial charge in [0.25, 0.3) is 0 Å². The highest BCUT2D eigenvalue weighted by molar-refractivity contribution is 7.19. The summed E-state index contributed by atoms with van der Waals surface area (Å²) < 4.78 is 1.90. The number of aliphatic hydroxyl groups excluding tert-OH is 2. The van der Waals surface area contributed by atoms with Crippen LogP contribution in [0.1, 0.15) is 59.2 Å². The number of rotatable bonds is 6. The molecular weight excluding hydrogens is 470 g/mol. The lowest BCUT2D eigenvalue weighted by Crippen LogP contribution is -2.41. The van der Waals surface area contributed by atoms with E-state index in [1.807, 2.05) is 15.9 Å². The molecule has 3 N–H and O–H groups in total. The van der Waals surface area contributed by atoms with E-state index in [4.69, 9.17) is 0 Å². The van der Waals surface area contributed by atoms with E-state index in [0.29, 0.717) is 23.8 Å². The Hall–Kier alpha value is -2.26. The van der Waals surface area contributed by atoms with Crippen molar-refractivity contribution in [2.75, 3.05) is 19.8 Å². The smallest absolute Gasteiger partial charge is 0.158 e. The summed E-state index contributed by atoms with van der Waals surface area (Å²) in [6.45, 7) is 12.3. The van der Waals surface area contributed by atoms with Crippen LogP contribution in [0.15, 0.2) is 12.5 Å². The molecule has 1 saturated heterocycles. The van der Waals surface area contributed by atoms with Crippen molar-refractivity contribution in [3.8, 4) is 11.3 Å². The third-order valence-corrected chi connectivity index (χ3v) is 11.0. The topological polar surface area (TPSA) is 89.7 Å². The molecular formula is C28H35N5O2S. The molecule has 3 fully saturated rings. The Kier molecular flexibility index (Phi) is 5.01. The number of fused-ring (bicyclic) bond motifs is 3. The van der Waals surface area contributed by atoms with E-state index in [-0.39, 0.29) is 19.3 Å². The van der Waals surface area contributed by atoms with E-state index in [2.05, 4.69) is 60.8 Å². The number of thiophene rings is 1. The molecule has 4 unspecified atom stereocenters. The van der Waals surface area contributed by atoms with E-state index in [1.54, 1.807) is 11.2 Å². The largest absolute Gasteiger partial charge is 0.395 e. The number of aromatic amines is 1. The van der Waals surface area contributed by atoms with Gasteiger partial charge in [0, 0.05) is 34.6 Å². The van der Waals surface area contributed by atoms with Crippen LogP contribution >= 0.6 is 11.3 Å². The monoisotopic (exact) mass is 505 g/mol. The Morgan fingerprint density at radius 3 is 2.58 bits per heavy atom. The van der Waals surface area contributed by atoms with E-state index in [1.165, 1.54) is 50.1 Å². The van der Waals surface area contributed by atoms with Crippen molar-refractivity contribution in [1.29, 1.82) is 0 Å². The maximum atomic E-state index is 9.78. The number of hydrogen-bond donors (Lipinski definition) is 3. The molecule has 0 bridgehead atoms. The zero-order chi connectivity index (χ0) is 25.0. The molecule has 190 valence electrons. The molecule has 2 aliphatic carbocycles. The molecule has 5 heterocycles. The first-order valence-corrected chi connectivity index (χ1v) is 14.1. The second-order valence-corrected chi connectivity index (χ2v) is 12.7. The molecule has 36 heavy (non-hydrogen) atoms. The summed E-state index contributed by atoms with van der Waals surface area (Å²) in [6, 6.07) is 0.478. The molecule has 4 aromatic rings. The van der Waals surface area contributed by atoms with Crippen LogP contribution in [-0.4, -0.2) is 66.5 Å². The van der Waals surface area contributed by atoms with Gasteiger partial charge >= 0.3 is 0 Å². The summed E-state index contributed by atoms with van der Waals surface area (Å²) in [4.78, 5) is 13.6. The number of aliphatic hydroxyl groups is 2. The summed E-state index contributed by atoms with van der Waals surface area (Å²) in [5, 5.41) is 25.4. The fraction of sp³-hybridized carbons (Fsp3) is 0.571. The van der Waals surface area contributed by atoms with Gasteiger partial charge in [-0.15, -0.1) is 11.3 Å².